The highest BCUT2D eigenvalue weighted by Gasteiger charge is 2.55. The van der Waals surface area contributed by atoms with E-state index >= 15 is 0 Å². The fourth-order valence-corrected chi connectivity index (χ4v) is 2.38. The SMILES string of the molecule is NOC(=O)C(O)C(O)(C(=O)ON)C1CCCCC1. The van der Waals surface area contributed by atoms with Gasteiger partial charge in [0, 0.05) is 5.92 Å². The molecule has 0 heterocycles. The Bertz CT molecular complexity index is 317. The largest absolute Gasteiger partial charge is 0.378 e. The van der Waals surface area contributed by atoms with E-state index in [1.54, 1.807) is 0 Å². The van der Waals surface area contributed by atoms with Crippen molar-refractivity contribution in [3.8, 4) is 0 Å². The molecule has 8 nitrogen and oxygen atoms in total. The Kier molecular flexibility index (Phi) is 5.03. The lowest BCUT2D eigenvalue weighted by molar-refractivity contribution is -0.202. The smallest absolute Gasteiger partial charge is 0.360 e. The Labute approximate surface area is 104 Å². The van der Waals surface area contributed by atoms with Crippen molar-refractivity contribution >= 4 is 11.9 Å². The third-order valence-corrected chi connectivity index (χ3v) is 3.42. The summed E-state index contributed by atoms with van der Waals surface area (Å²) in [5.41, 5.74) is -2.42. The molecule has 18 heavy (non-hydrogen) atoms. The normalized spacial score (nSPS) is 21.8. The van der Waals surface area contributed by atoms with Crippen molar-refractivity contribution < 1.29 is 29.5 Å². The zero-order chi connectivity index (χ0) is 13.8. The number of aliphatic hydroxyl groups excluding tert-OH is 1. The molecule has 1 rings (SSSR count). The van der Waals surface area contributed by atoms with Gasteiger partial charge in [0.25, 0.3) is 0 Å². The molecule has 0 bridgehead atoms. The molecular weight excluding hydrogens is 244 g/mol. The molecule has 0 aromatic rings. The van der Waals surface area contributed by atoms with Crippen molar-refractivity contribution in [1.82, 2.24) is 0 Å². The first-order valence-corrected chi connectivity index (χ1v) is 5.70. The topological polar surface area (TPSA) is 145 Å². The molecule has 104 valence electrons. The molecule has 0 aromatic heterocycles. The van der Waals surface area contributed by atoms with Crippen LogP contribution in [0.5, 0.6) is 0 Å². The van der Waals surface area contributed by atoms with Crippen LogP contribution in [-0.2, 0) is 19.3 Å². The van der Waals surface area contributed by atoms with Crippen LogP contribution in [0.2, 0.25) is 0 Å². The Morgan fingerprint density at radius 1 is 1.17 bits per heavy atom. The first-order chi connectivity index (χ1) is 8.48. The van der Waals surface area contributed by atoms with Gasteiger partial charge < -0.3 is 19.9 Å². The maximum Gasteiger partial charge on any atom is 0.360 e. The van der Waals surface area contributed by atoms with Crippen LogP contribution >= 0.6 is 0 Å². The van der Waals surface area contributed by atoms with E-state index in [1.165, 1.54) is 0 Å². The maximum absolute atomic E-state index is 11.6. The summed E-state index contributed by atoms with van der Waals surface area (Å²) in [5, 5.41) is 20.0. The Morgan fingerprint density at radius 2 is 1.72 bits per heavy atom. The van der Waals surface area contributed by atoms with Gasteiger partial charge >= 0.3 is 11.9 Å². The van der Waals surface area contributed by atoms with Gasteiger partial charge in [0.2, 0.25) is 5.60 Å². The molecule has 8 heteroatoms. The summed E-state index contributed by atoms with van der Waals surface area (Å²) in [7, 11) is 0. The van der Waals surface area contributed by atoms with Crippen molar-refractivity contribution in [3.05, 3.63) is 0 Å². The van der Waals surface area contributed by atoms with Crippen molar-refractivity contribution in [2.24, 2.45) is 17.7 Å². The highest BCUT2D eigenvalue weighted by atomic mass is 16.7. The first-order valence-electron chi connectivity index (χ1n) is 5.70. The molecule has 0 saturated heterocycles. The summed E-state index contributed by atoms with van der Waals surface area (Å²) in [5.74, 6) is 6.17. The summed E-state index contributed by atoms with van der Waals surface area (Å²) >= 11 is 0. The Balaban J connectivity index is 3.00. The predicted molar refractivity (Wildman–Crippen MR) is 58.1 cm³/mol. The molecule has 0 radical (unpaired) electrons. The molecule has 0 amide bonds. The maximum atomic E-state index is 11.6. The first kappa shape index (κ1) is 14.8. The molecule has 6 N–H and O–H groups in total. The van der Waals surface area contributed by atoms with E-state index in [1.807, 2.05) is 0 Å². The van der Waals surface area contributed by atoms with Crippen molar-refractivity contribution in [1.29, 1.82) is 0 Å². The number of hydrogen-bond donors (Lipinski definition) is 4. The third-order valence-electron chi connectivity index (χ3n) is 3.42. The van der Waals surface area contributed by atoms with Gasteiger partial charge in [-0.05, 0) is 12.8 Å². The van der Waals surface area contributed by atoms with E-state index in [-0.39, 0.29) is 0 Å². The molecule has 1 aliphatic carbocycles. The van der Waals surface area contributed by atoms with E-state index in [0.29, 0.717) is 12.8 Å². The van der Waals surface area contributed by atoms with Crippen molar-refractivity contribution in [2.75, 3.05) is 0 Å². The van der Waals surface area contributed by atoms with Gasteiger partial charge in [-0.1, -0.05) is 19.3 Å². The van der Waals surface area contributed by atoms with Gasteiger partial charge in [-0.2, -0.15) is 11.8 Å². The molecule has 1 saturated carbocycles. The summed E-state index contributed by atoms with van der Waals surface area (Å²) < 4.78 is 0. The summed E-state index contributed by atoms with van der Waals surface area (Å²) in [6.07, 6.45) is 1.33. The number of carbonyl (C=O) groups is 2. The van der Waals surface area contributed by atoms with Crippen LogP contribution in [0, 0.1) is 5.92 Å². The van der Waals surface area contributed by atoms with Crippen LogP contribution in [0.1, 0.15) is 32.1 Å². The highest BCUT2D eigenvalue weighted by Crippen LogP contribution is 2.35. The van der Waals surface area contributed by atoms with E-state index in [0.717, 1.165) is 19.3 Å². The number of aliphatic hydroxyl groups is 2. The number of nitrogens with two attached hydrogens (primary N) is 2. The minimum atomic E-state index is -2.42. The van der Waals surface area contributed by atoms with E-state index in [4.69, 9.17) is 5.90 Å². The molecular formula is C10H18N2O6. The van der Waals surface area contributed by atoms with Crippen molar-refractivity contribution in [3.63, 3.8) is 0 Å². The van der Waals surface area contributed by atoms with Gasteiger partial charge in [0.05, 0.1) is 0 Å². The molecule has 2 unspecified atom stereocenters. The average Bonchev–Trinajstić information content (AvgIpc) is 2.44. The Morgan fingerprint density at radius 3 is 2.17 bits per heavy atom. The van der Waals surface area contributed by atoms with Crippen LogP contribution in [0.4, 0.5) is 0 Å². The second kappa shape index (κ2) is 6.10. The van der Waals surface area contributed by atoms with Gasteiger partial charge in [0.15, 0.2) is 6.10 Å². The Hall–Kier alpha value is -1.22. The van der Waals surface area contributed by atoms with Crippen LogP contribution in [0.25, 0.3) is 0 Å². The lowest BCUT2D eigenvalue weighted by atomic mass is 9.74. The van der Waals surface area contributed by atoms with E-state index in [9.17, 15) is 19.8 Å². The third kappa shape index (κ3) is 2.61. The molecule has 1 fully saturated rings. The summed E-state index contributed by atoms with van der Waals surface area (Å²) in [6.45, 7) is 0. The summed E-state index contributed by atoms with van der Waals surface area (Å²) in [4.78, 5) is 30.6. The van der Waals surface area contributed by atoms with Gasteiger partial charge in [-0.25, -0.2) is 9.59 Å². The van der Waals surface area contributed by atoms with E-state index < -0.39 is 29.6 Å². The quantitative estimate of drug-likeness (QED) is 0.447. The minimum Gasteiger partial charge on any atom is -0.378 e. The minimum absolute atomic E-state index is 0.473. The second-order valence-electron chi connectivity index (χ2n) is 4.41. The van der Waals surface area contributed by atoms with Crippen molar-refractivity contribution in [2.45, 2.75) is 43.8 Å². The molecule has 0 spiro atoms. The zero-order valence-electron chi connectivity index (χ0n) is 9.87. The number of rotatable bonds is 4. The lowest BCUT2D eigenvalue weighted by Gasteiger charge is -2.37. The fourth-order valence-electron chi connectivity index (χ4n) is 2.38. The predicted octanol–water partition coefficient (Wildman–Crippen LogP) is -1.51. The molecule has 0 aliphatic heterocycles. The monoisotopic (exact) mass is 262 g/mol. The second-order valence-corrected chi connectivity index (χ2v) is 4.41. The molecule has 1 aliphatic rings. The number of carbonyl (C=O) groups excluding carboxylic acids is 2. The molecule has 0 aromatic carbocycles. The van der Waals surface area contributed by atoms with Gasteiger partial charge in [-0.15, -0.1) is 0 Å². The number of hydrogen-bond acceptors (Lipinski definition) is 8. The zero-order valence-corrected chi connectivity index (χ0v) is 9.87. The average molecular weight is 262 g/mol. The standard InChI is InChI=1S/C10H18N2O6/c11-17-8(14)7(13)10(16,9(15)18-12)6-4-2-1-3-5-6/h6-7,13,16H,1-5,11-12H2. The summed E-state index contributed by atoms with van der Waals surface area (Å²) in [6, 6.07) is 0. The highest BCUT2D eigenvalue weighted by molar-refractivity contribution is 5.89. The van der Waals surface area contributed by atoms with Crippen LogP contribution < -0.4 is 11.8 Å². The fraction of sp³-hybridized carbons (Fsp3) is 0.800. The van der Waals surface area contributed by atoms with Crippen LogP contribution in [0.3, 0.4) is 0 Å². The lowest BCUT2D eigenvalue weighted by Crippen LogP contribution is -2.60. The van der Waals surface area contributed by atoms with E-state index in [2.05, 4.69) is 15.6 Å². The van der Waals surface area contributed by atoms with Crippen LogP contribution in [0.15, 0.2) is 0 Å². The van der Waals surface area contributed by atoms with Gasteiger partial charge in [0.1, 0.15) is 0 Å². The van der Waals surface area contributed by atoms with Crippen LogP contribution in [-0.4, -0.2) is 33.9 Å². The van der Waals surface area contributed by atoms with Gasteiger partial charge in [-0.3, -0.25) is 0 Å². The molecule has 2 atom stereocenters.